The van der Waals surface area contributed by atoms with E-state index in [1.54, 1.807) is 6.33 Å². The summed E-state index contributed by atoms with van der Waals surface area (Å²) in [6.45, 7) is 3.73. The number of H-pyrrole nitrogens is 1. The summed E-state index contributed by atoms with van der Waals surface area (Å²) in [5, 5.41) is 10.2. The first-order valence-electron chi connectivity index (χ1n) is 9.03. The Morgan fingerprint density at radius 2 is 1.77 bits per heavy atom. The molecule has 7 heteroatoms. The first-order chi connectivity index (χ1) is 12.9. The minimum atomic E-state index is 0.495. The average Bonchev–Trinajstić information content (AvgIpc) is 3.24. The summed E-state index contributed by atoms with van der Waals surface area (Å²) >= 11 is 0. The summed E-state index contributed by atoms with van der Waals surface area (Å²) in [5.41, 5.74) is 2.36. The third-order valence-electron chi connectivity index (χ3n) is 4.81. The summed E-state index contributed by atoms with van der Waals surface area (Å²) in [6.07, 6.45) is 7.64. The standard InChI is InChI=1S/C19H23N7/c1-2-4-15(5-3-1)10-20-19-21-11-16(12-22-19)13-26-8-6-17(7-9-26)18-23-14-24-25-18/h1-5,11-12,14,17H,6-10,13H2,(H,20,21,22)(H,23,24,25). The molecule has 7 nitrogen and oxygen atoms in total. The number of likely N-dealkylation sites (tertiary alicyclic amines) is 1. The number of aromatic nitrogens is 5. The van der Waals surface area contributed by atoms with Crippen molar-refractivity contribution in [2.24, 2.45) is 0 Å². The third kappa shape index (κ3) is 4.23. The maximum absolute atomic E-state index is 4.44. The molecular formula is C19H23N7. The Bertz CT molecular complexity index is 779. The largest absolute Gasteiger partial charge is 0.350 e. The molecule has 0 radical (unpaired) electrons. The number of piperidine rings is 1. The Hall–Kier alpha value is -2.80. The zero-order valence-electron chi connectivity index (χ0n) is 14.7. The van der Waals surface area contributed by atoms with E-state index in [9.17, 15) is 0 Å². The molecule has 0 amide bonds. The molecule has 0 spiro atoms. The quantitative estimate of drug-likeness (QED) is 0.712. The summed E-state index contributed by atoms with van der Waals surface area (Å²) in [5.74, 6) is 2.18. The van der Waals surface area contributed by atoms with Crippen LogP contribution in [0.4, 0.5) is 5.95 Å². The number of rotatable bonds is 6. The molecule has 1 fully saturated rings. The number of aromatic amines is 1. The number of benzene rings is 1. The third-order valence-corrected chi connectivity index (χ3v) is 4.81. The highest BCUT2D eigenvalue weighted by molar-refractivity contribution is 5.27. The van der Waals surface area contributed by atoms with Crippen molar-refractivity contribution in [1.29, 1.82) is 0 Å². The maximum atomic E-state index is 4.44. The van der Waals surface area contributed by atoms with Crippen molar-refractivity contribution in [2.45, 2.75) is 31.8 Å². The molecule has 0 atom stereocenters. The number of hydrogen-bond donors (Lipinski definition) is 2. The molecule has 26 heavy (non-hydrogen) atoms. The van der Waals surface area contributed by atoms with Gasteiger partial charge in [-0.05, 0) is 31.5 Å². The van der Waals surface area contributed by atoms with Crippen molar-refractivity contribution in [3.05, 3.63) is 66.0 Å². The zero-order chi connectivity index (χ0) is 17.6. The van der Waals surface area contributed by atoms with Crippen molar-refractivity contribution in [3.63, 3.8) is 0 Å². The second-order valence-corrected chi connectivity index (χ2v) is 6.68. The molecule has 3 heterocycles. The smallest absolute Gasteiger partial charge is 0.222 e. The first kappa shape index (κ1) is 16.7. The van der Waals surface area contributed by atoms with Crippen molar-refractivity contribution in [3.8, 4) is 0 Å². The van der Waals surface area contributed by atoms with Gasteiger partial charge >= 0.3 is 0 Å². The van der Waals surface area contributed by atoms with Gasteiger partial charge in [0.05, 0.1) is 0 Å². The molecule has 1 aromatic carbocycles. The van der Waals surface area contributed by atoms with E-state index in [0.717, 1.165) is 50.4 Å². The molecule has 134 valence electrons. The lowest BCUT2D eigenvalue weighted by molar-refractivity contribution is 0.201. The lowest BCUT2D eigenvalue weighted by Gasteiger charge is -2.30. The van der Waals surface area contributed by atoms with Crippen molar-refractivity contribution in [1.82, 2.24) is 30.0 Å². The molecular weight excluding hydrogens is 326 g/mol. The fourth-order valence-electron chi connectivity index (χ4n) is 3.34. The van der Waals surface area contributed by atoms with E-state index < -0.39 is 0 Å². The lowest BCUT2D eigenvalue weighted by Crippen LogP contribution is -2.32. The van der Waals surface area contributed by atoms with Crippen LogP contribution in [0.5, 0.6) is 0 Å². The van der Waals surface area contributed by atoms with E-state index in [-0.39, 0.29) is 0 Å². The Kier molecular flexibility index (Phi) is 5.16. The second kappa shape index (κ2) is 8.05. The van der Waals surface area contributed by atoms with E-state index in [0.29, 0.717) is 11.9 Å². The molecule has 1 saturated heterocycles. The average molecular weight is 349 g/mol. The molecule has 4 rings (SSSR count). The van der Waals surface area contributed by atoms with Crippen LogP contribution >= 0.6 is 0 Å². The van der Waals surface area contributed by atoms with Gasteiger partial charge in [-0.2, -0.15) is 5.10 Å². The molecule has 0 saturated carbocycles. The van der Waals surface area contributed by atoms with Gasteiger partial charge in [-0.15, -0.1) is 0 Å². The first-order valence-corrected chi connectivity index (χ1v) is 9.03. The van der Waals surface area contributed by atoms with E-state index in [1.165, 1.54) is 5.56 Å². The van der Waals surface area contributed by atoms with E-state index >= 15 is 0 Å². The van der Waals surface area contributed by atoms with Crippen molar-refractivity contribution < 1.29 is 0 Å². The van der Waals surface area contributed by atoms with Crippen LogP contribution < -0.4 is 5.32 Å². The Balaban J connectivity index is 1.25. The van der Waals surface area contributed by atoms with Gasteiger partial charge in [-0.3, -0.25) is 10.00 Å². The number of nitrogens with one attached hydrogen (secondary N) is 2. The van der Waals surface area contributed by atoms with Crippen molar-refractivity contribution in [2.75, 3.05) is 18.4 Å². The van der Waals surface area contributed by atoms with Crippen LogP contribution in [0.2, 0.25) is 0 Å². The van der Waals surface area contributed by atoms with Gasteiger partial charge in [-0.1, -0.05) is 30.3 Å². The minimum Gasteiger partial charge on any atom is -0.350 e. The van der Waals surface area contributed by atoms with E-state index in [2.05, 4.69) is 47.5 Å². The fourth-order valence-corrected chi connectivity index (χ4v) is 3.34. The van der Waals surface area contributed by atoms with Crippen LogP contribution in [-0.2, 0) is 13.1 Å². The molecule has 0 unspecified atom stereocenters. The van der Waals surface area contributed by atoms with Gasteiger partial charge in [0.1, 0.15) is 12.2 Å². The predicted molar refractivity (Wildman–Crippen MR) is 99.4 cm³/mol. The van der Waals surface area contributed by atoms with Gasteiger partial charge in [0.15, 0.2) is 0 Å². The van der Waals surface area contributed by atoms with Gasteiger partial charge in [0.25, 0.3) is 0 Å². The molecule has 2 N–H and O–H groups in total. The lowest BCUT2D eigenvalue weighted by atomic mass is 9.96. The predicted octanol–water partition coefficient (Wildman–Crippen LogP) is 2.59. The molecule has 0 aliphatic carbocycles. The monoisotopic (exact) mass is 349 g/mol. The number of nitrogens with zero attached hydrogens (tertiary/aromatic N) is 5. The normalized spacial score (nSPS) is 15.8. The zero-order valence-corrected chi connectivity index (χ0v) is 14.7. The van der Waals surface area contributed by atoms with E-state index in [4.69, 9.17) is 0 Å². The molecule has 3 aromatic rings. The second-order valence-electron chi connectivity index (χ2n) is 6.68. The fraction of sp³-hybridized carbons (Fsp3) is 0.368. The SMILES string of the molecule is c1ccc(CNc2ncc(CN3CCC(c4ncn[nH]4)CC3)cn2)cc1. The molecule has 2 aromatic heterocycles. The topological polar surface area (TPSA) is 82.6 Å². The summed E-state index contributed by atoms with van der Waals surface area (Å²) in [4.78, 5) is 15.6. The minimum absolute atomic E-state index is 0.495. The van der Waals surface area contributed by atoms with E-state index in [1.807, 2.05) is 30.6 Å². The summed E-state index contributed by atoms with van der Waals surface area (Å²) < 4.78 is 0. The molecule has 1 aliphatic rings. The van der Waals surface area contributed by atoms with Crippen molar-refractivity contribution >= 4 is 5.95 Å². The highest BCUT2D eigenvalue weighted by atomic mass is 15.2. The van der Waals surface area contributed by atoms with Crippen LogP contribution in [0.1, 0.15) is 35.7 Å². The van der Waals surface area contributed by atoms with Gasteiger partial charge in [-0.25, -0.2) is 15.0 Å². The van der Waals surface area contributed by atoms with Gasteiger partial charge in [0, 0.05) is 37.0 Å². The number of anilines is 1. The Morgan fingerprint density at radius 1 is 1.00 bits per heavy atom. The van der Waals surface area contributed by atoms with Gasteiger partial charge < -0.3 is 5.32 Å². The van der Waals surface area contributed by atoms with Crippen LogP contribution in [0.25, 0.3) is 0 Å². The molecule has 1 aliphatic heterocycles. The Morgan fingerprint density at radius 3 is 2.46 bits per heavy atom. The summed E-state index contributed by atoms with van der Waals surface area (Å²) in [6, 6.07) is 10.3. The molecule has 0 bridgehead atoms. The Labute approximate surface area is 152 Å². The number of hydrogen-bond acceptors (Lipinski definition) is 6. The summed E-state index contributed by atoms with van der Waals surface area (Å²) in [7, 11) is 0. The van der Waals surface area contributed by atoms with Gasteiger partial charge in [0.2, 0.25) is 5.95 Å². The highest BCUT2D eigenvalue weighted by Gasteiger charge is 2.22. The highest BCUT2D eigenvalue weighted by Crippen LogP contribution is 2.25. The van der Waals surface area contributed by atoms with Crippen LogP contribution in [0.15, 0.2) is 49.1 Å². The van der Waals surface area contributed by atoms with Crippen LogP contribution in [0, 0.1) is 0 Å². The van der Waals surface area contributed by atoms with Crippen LogP contribution in [0.3, 0.4) is 0 Å². The maximum Gasteiger partial charge on any atom is 0.222 e. The van der Waals surface area contributed by atoms with Crippen LogP contribution in [-0.4, -0.2) is 43.1 Å².